The molecular formula is C14H28N2O2. The molecule has 18 heavy (non-hydrogen) atoms. The lowest BCUT2D eigenvalue weighted by Crippen LogP contribution is -2.48. The number of nitrogens with one attached hydrogen (secondary N) is 1. The van der Waals surface area contributed by atoms with Crippen LogP contribution >= 0.6 is 0 Å². The van der Waals surface area contributed by atoms with Crippen molar-refractivity contribution >= 4 is 5.91 Å². The first-order chi connectivity index (χ1) is 8.67. The molecule has 0 radical (unpaired) electrons. The molecule has 1 aliphatic rings. The van der Waals surface area contributed by atoms with Crippen molar-refractivity contribution in [3.05, 3.63) is 0 Å². The molecule has 1 fully saturated rings. The lowest BCUT2D eigenvalue weighted by Gasteiger charge is -2.33. The van der Waals surface area contributed by atoms with Crippen LogP contribution in [0.4, 0.5) is 0 Å². The quantitative estimate of drug-likeness (QED) is 0.755. The molecule has 0 aromatic carbocycles. The summed E-state index contributed by atoms with van der Waals surface area (Å²) >= 11 is 0. The van der Waals surface area contributed by atoms with Gasteiger partial charge in [-0.05, 0) is 39.2 Å². The Morgan fingerprint density at radius 3 is 3.00 bits per heavy atom. The van der Waals surface area contributed by atoms with E-state index in [-0.39, 0.29) is 12.0 Å². The van der Waals surface area contributed by atoms with Gasteiger partial charge in [-0.1, -0.05) is 6.92 Å². The van der Waals surface area contributed by atoms with Crippen LogP contribution in [0.1, 0.15) is 46.0 Å². The molecule has 0 bridgehead atoms. The standard InChI is InChI=1S/C14H28N2O2/c1-4-9-15-13-6-5-10-16(11-13)14(17)8-7-12(2)18-3/h12-13,15H,4-11H2,1-3H3. The average molecular weight is 256 g/mol. The maximum Gasteiger partial charge on any atom is 0.222 e. The fourth-order valence-electron chi connectivity index (χ4n) is 2.32. The van der Waals surface area contributed by atoms with Crippen LogP contribution < -0.4 is 5.32 Å². The van der Waals surface area contributed by atoms with Crippen LogP contribution in [-0.4, -0.2) is 49.7 Å². The molecular weight excluding hydrogens is 228 g/mol. The van der Waals surface area contributed by atoms with Gasteiger partial charge in [0.25, 0.3) is 0 Å². The van der Waals surface area contributed by atoms with E-state index in [1.165, 1.54) is 6.42 Å². The molecule has 106 valence electrons. The summed E-state index contributed by atoms with van der Waals surface area (Å²) in [6, 6.07) is 0.488. The fourth-order valence-corrected chi connectivity index (χ4v) is 2.32. The summed E-state index contributed by atoms with van der Waals surface area (Å²) in [6.45, 7) is 7.03. The van der Waals surface area contributed by atoms with E-state index in [1.807, 2.05) is 11.8 Å². The normalized spacial score (nSPS) is 21.9. The van der Waals surface area contributed by atoms with Crippen molar-refractivity contribution in [1.82, 2.24) is 10.2 Å². The largest absolute Gasteiger partial charge is 0.382 e. The molecule has 1 rings (SSSR count). The van der Waals surface area contributed by atoms with Crippen molar-refractivity contribution in [3.8, 4) is 0 Å². The number of methoxy groups -OCH3 is 1. The predicted molar refractivity (Wildman–Crippen MR) is 73.6 cm³/mol. The Bertz CT molecular complexity index is 246. The Morgan fingerprint density at radius 2 is 2.33 bits per heavy atom. The van der Waals surface area contributed by atoms with Crippen molar-refractivity contribution in [2.45, 2.75) is 58.1 Å². The Hall–Kier alpha value is -0.610. The smallest absolute Gasteiger partial charge is 0.222 e. The van der Waals surface area contributed by atoms with E-state index in [4.69, 9.17) is 4.74 Å². The minimum Gasteiger partial charge on any atom is -0.382 e. The van der Waals surface area contributed by atoms with Crippen LogP contribution in [0.3, 0.4) is 0 Å². The van der Waals surface area contributed by atoms with Gasteiger partial charge >= 0.3 is 0 Å². The number of hydrogen-bond acceptors (Lipinski definition) is 3. The summed E-state index contributed by atoms with van der Waals surface area (Å²) in [6.07, 6.45) is 5.06. The molecule has 4 heteroatoms. The summed E-state index contributed by atoms with van der Waals surface area (Å²) in [5, 5.41) is 3.51. The van der Waals surface area contributed by atoms with E-state index < -0.39 is 0 Å². The second-order valence-corrected chi connectivity index (χ2v) is 5.22. The van der Waals surface area contributed by atoms with Crippen LogP contribution in [0.15, 0.2) is 0 Å². The predicted octanol–water partition coefficient (Wildman–Crippen LogP) is 1.79. The van der Waals surface area contributed by atoms with Crippen LogP contribution in [0.2, 0.25) is 0 Å². The monoisotopic (exact) mass is 256 g/mol. The summed E-state index contributed by atoms with van der Waals surface area (Å²) in [4.78, 5) is 14.1. The molecule has 1 amide bonds. The molecule has 0 spiro atoms. The third kappa shape index (κ3) is 5.36. The van der Waals surface area contributed by atoms with Gasteiger partial charge in [-0.15, -0.1) is 0 Å². The highest BCUT2D eigenvalue weighted by atomic mass is 16.5. The minimum absolute atomic E-state index is 0.174. The third-order valence-corrected chi connectivity index (χ3v) is 3.62. The van der Waals surface area contributed by atoms with Gasteiger partial charge in [-0.2, -0.15) is 0 Å². The summed E-state index contributed by atoms with van der Waals surface area (Å²) < 4.78 is 5.18. The molecule has 0 aromatic rings. The average Bonchev–Trinajstić information content (AvgIpc) is 2.42. The number of piperidine rings is 1. The van der Waals surface area contributed by atoms with E-state index in [0.717, 1.165) is 38.9 Å². The van der Waals surface area contributed by atoms with Crippen LogP contribution in [0, 0.1) is 0 Å². The highest BCUT2D eigenvalue weighted by Gasteiger charge is 2.22. The number of nitrogens with zero attached hydrogens (tertiary/aromatic N) is 1. The van der Waals surface area contributed by atoms with Crippen molar-refractivity contribution in [1.29, 1.82) is 0 Å². The SMILES string of the molecule is CCCNC1CCCN(C(=O)CCC(C)OC)C1. The number of carbonyl (C=O) groups excluding carboxylic acids is 1. The van der Waals surface area contributed by atoms with E-state index >= 15 is 0 Å². The minimum atomic E-state index is 0.174. The molecule has 0 saturated carbocycles. The van der Waals surface area contributed by atoms with Gasteiger partial charge in [0, 0.05) is 32.7 Å². The first kappa shape index (κ1) is 15.4. The Kier molecular flexibility index (Phi) is 7.28. The molecule has 2 unspecified atom stereocenters. The summed E-state index contributed by atoms with van der Waals surface area (Å²) in [7, 11) is 1.70. The van der Waals surface area contributed by atoms with Gasteiger partial charge in [-0.25, -0.2) is 0 Å². The van der Waals surface area contributed by atoms with Crippen LogP contribution in [0.5, 0.6) is 0 Å². The molecule has 1 saturated heterocycles. The Morgan fingerprint density at radius 1 is 1.56 bits per heavy atom. The Labute approximate surface area is 111 Å². The zero-order chi connectivity index (χ0) is 13.4. The zero-order valence-corrected chi connectivity index (χ0v) is 12.1. The molecule has 1 heterocycles. The third-order valence-electron chi connectivity index (χ3n) is 3.62. The van der Waals surface area contributed by atoms with Crippen molar-refractivity contribution in [3.63, 3.8) is 0 Å². The van der Waals surface area contributed by atoms with Crippen molar-refractivity contribution < 1.29 is 9.53 Å². The van der Waals surface area contributed by atoms with E-state index in [9.17, 15) is 4.79 Å². The van der Waals surface area contributed by atoms with E-state index in [2.05, 4.69) is 12.2 Å². The first-order valence-corrected chi connectivity index (χ1v) is 7.21. The number of ether oxygens (including phenoxy) is 1. The van der Waals surface area contributed by atoms with Gasteiger partial charge in [0.05, 0.1) is 6.10 Å². The van der Waals surface area contributed by atoms with Crippen LogP contribution in [-0.2, 0) is 9.53 Å². The van der Waals surface area contributed by atoms with Gasteiger partial charge in [-0.3, -0.25) is 4.79 Å². The molecule has 2 atom stereocenters. The number of amides is 1. The lowest BCUT2D eigenvalue weighted by atomic mass is 10.0. The maximum atomic E-state index is 12.1. The number of carbonyl (C=O) groups is 1. The van der Waals surface area contributed by atoms with Crippen molar-refractivity contribution in [2.75, 3.05) is 26.7 Å². The number of hydrogen-bond donors (Lipinski definition) is 1. The lowest BCUT2D eigenvalue weighted by molar-refractivity contribution is -0.133. The highest BCUT2D eigenvalue weighted by Crippen LogP contribution is 2.13. The zero-order valence-electron chi connectivity index (χ0n) is 12.1. The second-order valence-electron chi connectivity index (χ2n) is 5.22. The fraction of sp³-hybridized carbons (Fsp3) is 0.929. The number of rotatable bonds is 7. The van der Waals surface area contributed by atoms with Crippen molar-refractivity contribution in [2.24, 2.45) is 0 Å². The summed E-state index contributed by atoms with van der Waals surface area (Å²) in [5.41, 5.74) is 0. The molecule has 0 aliphatic carbocycles. The van der Waals surface area contributed by atoms with Crippen LogP contribution in [0.25, 0.3) is 0 Å². The summed E-state index contributed by atoms with van der Waals surface area (Å²) in [5.74, 6) is 0.280. The van der Waals surface area contributed by atoms with Gasteiger partial charge < -0.3 is 15.0 Å². The van der Waals surface area contributed by atoms with E-state index in [0.29, 0.717) is 12.5 Å². The molecule has 0 aromatic heterocycles. The highest BCUT2D eigenvalue weighted by molar-refractivity contribution is 5.76. The van der Waals surface area contributed by atoms with Gasteiger partial charge in [0.2, 0.25) is 5.91 Å². The first-order valence-electron chi connectivity index (χ1n) is 7.21. The topological polar surface area (TPSA) is 41.6 Å². The van der Waals surface area contributed by atoms with E-state index in [1.54, 1.807) is 7.11 Å². The number of likely N-dealkylation sites (tertiary alicyclic amines) is 1. The Balaban J connectivity index is 2.29. The molecule has 1 N–H and O–H groups in total. The maximum absolute atomic E-state index is 12.1. The molecule has 4 nitrogen and oxygen atoms in total. The molecule has 1 aliphatic heterocycles. The second kappa shape index (κ2) is 8.48. The van der Waals surface area contributed by atoms with Gasteiger partial charge in [0.15, 0.2) is 0 Å². The van der Waals surface area contributed by atoms with Gasteiger partial charge in [0.1, 0.15) is 0 Å².